The van der Waals surface area contributed by atoms with E-state index in [9.17, 15) is 14.0 Å². The predicted molar refractivity (Wildman–Crippen MR) is 165 cm³/mol. The molecule has 0 aliphatic heterocycles. The summed E-state index contributed by atoms with van der Waals surface area (Å²) in [7, 11) is 6.96. The molecule has 0 radical (unpaired) electrons. The molecule has 0 unspecified atom stereocenters. The summed E-state index contributed by atoms with van der Waals surface area (Å²) in [5, 5.41) is 9.05. The van der Waals surface area contributed by atoms with Gasteiger partial charge in [0.15, 0.2) is 5.82 Å². The van der Waals surface area contributed by atoms with Gasteiger partial charge in [-0.1, -0.05) is 24.0 Å². The number of halogens is 1. The molecule has 2 aromatic heterocycles. The smallest absolute Gasteiger partial charge is 0.246 e. The van der Waals surface area contributed by atoms with Gasteiger partial charge in [-0.2, -0.15) is 4.98 Å². The molecule has 11 nitrogen and oxygen atoms in total. The Labute approximate surface area is 251 Å². The monoisotopic (exact) mass is 588 g/mol. The fourth-order valence-corrected chi connectivity index (χ4v) is 3.58. The molecule has 43 heavy (non-hydrogen) atoms. The van der Waals surface area contributed by atoms with E-state index in [1.807, 2.05) is 19.0 Å². The van der Waals surface area contributed by atoms with Crippen molar-refractivity contribution in [3.8, 4) is 17.7 Å². The quantitative estimate of drug-likeness (QED) is 0.156. The third-order valence-electron chi connectivity index (χ3n) is 6.12. The van der Waals surface area contributed by atoms with Crippen LogP contribution in [-0.4, -0.2) is 84.0 Å². The highest BCUT2D eigenvalue weighted by atomic mass is 19.1. The molecular formula is C31H37FN8O3. The van der Waals surface area contributed by atoms with Gasteiger partial charge in [-0.15, -0.1) is 0 Å². The Bertz CT molecular complexity index is 1470. The fourth-order valence-electron chi connectivity index (χ4n) is 3.58. The average molecular weight is 589 g/mol. The van der Waals surface area contributed by atoms with Crippen molar-refractivity contribution in [2.24, 2.45) is 0 Å². The third kappa shape index (κ3) is 10.7. The zero-order chi connectivity index (χ0) is 31.2. The highest BCUT2D eigenvalue weighted by Gasteiger charge is 2.20. The first-order valence-corrected chi connectivity index (χ1v) is 13.7. The number of carbonyl (C=O) groups is 2. The van der Waals surface area contributed by atoms with Crippen molar-refractivity contribution >= 4 is 35.0 Å². The zero-order valence-corrected chi connectivity index (χ0v) is 25.0. The first-order valence-electron chi connectivity index (χ1n) is 13.7. The molecule has 3 aromatic rings. The molecule has 2 heterocycles. The number of hydrogen-bond acceptors (Lipinski definition) is 9. The number of ether oxygens (including phenoxy) is 1. The number of nitrogens with one attached hydrogen (secondary N) is 3. The van der Waals surface area contributed by atoms with E-state index in [-0.39, 0.29) is 23.6 Å². The van der Waals surface area contributed by atoms with Crippen LogP contribution in [0.25, 0.3) is 0 Å². The van der Waals surface area contributed by atoms with Crippen LogP contribution in [0.5, 0.6) is 5.88 Å². The summed E-state index contributed by atoms with van der Waals surface area (Å²) in [6.45, 7) is 2.73. The number of methoxy groups -OCH3 is 1. The van der Waals surface area contributed by atoms with E-state index in [0.29, 0.717) is 54.6 Å². The van der Waals surface area contributed by atoms with Gasteiger partial charge in [0.1, 0.15) is 11.9 Å². The van der Waals surface area contributed by atoms with Crippen molar-refractivity contribution in [1.82, 2.24) is 30.1 Å². The minimum Gasteiger partial charge on any atom is -0.481 e. The Morgan fingerprint density at radius 3 is 2.60 bits per heavy atom. The summed E-state index contributed by atoms with van der Waals surface area (Å²) in [4.78, 5) is 41.2. The van der Waals surface area contributed by atoms with Crippen LogP contribution >= 0.6 is 0 Å². The van der Waals surface area contributed by atoms with Crippen molar-refractivity contribution in [2.75, 3.05) is 52.0 Å². The van der Waals surface area contributed by atoms with E-state index in [0.717, 1.165) is 0 Å². The van der Waals surface area contributed by atoms with E-state index in [4.69, 9.17) is 4.74 Å². The van der Waals surface area contributed by atoms with Gasteiger partial charge in [0.25, 0.3) is 0 Å². The number of amides is 2. The van der Waals surface area contributed by atoms with Crippen molar-refractivity contribution < 1.29 is 18.7 Å². The lowest BCUT2D eigenvalue weighted by atomic mass is 10.2. The van der Waals surface area contributed by atoms with Gasteiger partial charge in [0.05, 0.1) is 30.8 Å². The lowest BCUT2D eigenvalue weighted by Gasteiger charge is -2.23. The maximum atomic E-state index is 13.6. The predicted octanol–water partition coefficient (Wildman–Crippen LogP) is 3.72. The molecule has 0 bridgehead atoms. The molecular weight excluding hydrogens is 551 g/mol. The summed E-state index contributed by atoms with van der Waals surface area (Å²) < 4.78 is 18.8. The third-order valence-corrected chi connectivity index (χ3v) is 6.12. The maximum Gasteiger partial charge on any atom is 0.246 e. The number of anilines is 4. The Kier molecular flexibility index (Phi) is 12.4. The first kappa shape index (κ1) is 32.5. The molecule has 0 spiro atoms. The van der Waals surface area contributed by atoms with Crippen LogP contribution in [0.1, 0.15) is 25.3 Å². The number of nitrogens with zero attached hydrogens (tertiary/aromatic N) is 5. The molecule has 226 valence electrons. The van der Waals surface area contributed by atoms with E-state index < -0.39 is 6.04 Å². The number of unbranched alkanes of at least 4 members (excludes halogenated alkanes) is 1. The Morgan fingerprint density at radius 2 is 1.91 bits per heavy atom. The van der Waals surface area contributed by atoms with Crippen LogP contribution in [0.2, 0.25) is 0 Å². The zero-order valence-electron chi connectivity index (χ0n) is 25.0. The summed E-state index contributed by atoms with van der Waals surface area (Å²) in [6.07, 6.45) is 7.52. The normalized spacial score (nSPS) is 11.4. The van der Waals surface area contributed by atoms with Crippen molar-refractivity contribution in [1.29, 1.82) is 0 Å². The largest absolute Gasteiger partial charge is 0.481 e. The van der Waals surface area contributed by atoms with Crippen molar-refractivity contribution in [3.63, 3.8) is 0 Å². The molecule has 0 aliphatic carbocycles. The summed E-state index contributed by atoms with van der Waals surface area (Å²) in [5.41, 5.74) is 1.71. The van der Waals surface area contributed by atoms with E-state index in [1.165, 1.54) is 30.2 Å². The topological polar surface area (TPSA) is 125 Å². The second-order valence-electron chi connectivity index (χ2n) is 9.79. The SMILES string of the molecule is COc1ccc(Nc2nc(Nc3cccc(F)c3)ncc2C#CCCCNC(=O)[C@H](C)N(C)C(=O)C=CCN(C)C)cn1. The fraction of sp³-hybridized carbons (Fsp3) is 0.323. The second-order valence-corrected chi connectivity index (χ2v) is 9.79. The van der Waals surface area contributed by atoms with Crippen molar-refractivity contribution in [2.45, 2.75) is 25.8 Å². The van der Waals surface area contributed by atoms with Gasteiger partial charge in [0, 0.05) is 44.4 Å². The van der Waals surface area contributed by atoms with E-state index in [2.05, 4.69) is 42.7 Å². The number of hydrogen-bond donors (Lipinski definition) is 3. The molecule has 0 saturated carbocycles. The molecule has 2 amide bonds. The number of pyridine rings is 1. The van der Waals surface area contributed by atoms with Crippen LogP contribution in [-0.2, 0) is 9.59 Å². The molecule has 12 heteroatoms. The molecule has 0 saturated heterocycles. The van der Waals surface area contributed by atoms with Gasteiger partial charge in [-0.25, -0.2) is 14.4 Å². The maximum absolute atomic E-state index is 13.6. The lowest BCUT2D eigenvalue weighted by Crippen LogP contribution is -2.45. The minimum absolute atomic E-state index is 0.232. The minimum atomic E-state index is -0.611. The molecule has 3 rings (SSSR count). The Morgan fingerprint density at radius 1 is 1.09 bits per heavy atom. The van der Waals surface area contributed by atoms with Gasteiger partial charge in [-0.05, 0) is 51.7 Å². The van der Waals surface area contributed by atoms with Gasteiger partial charge < -0.3 is 30.5 Å². The van der Waals surface area contributed by atoms with Crippen LogP contribution < -0.4 is 20.7 Å². The molecule has 0 fully saturated rings. The van der Waals surface area contributed by atoms with E-state index >= 15 is 0 Å². The Balaban J connectivity index is 1.60. The van der Waals surface area contributed by atoms with Crippen LogP contribution in [0.4, 0.5) is 27.5 Å². The van der Waals surface area contributed by atoms with Gasteiger partial charge >= 0.3 is 0 Å². The number of benzene rings is 1. The number of aromatic nitrogens is 3. The van der Waals surface area contributed by atoms with Gasteiger partial charge in [0.2, 0.25) is 23.6 Å². The van der Waals surface area contributed by atoms with Crippen LogP contribution in [0.3, 0.4) is 0 Å². The molecule has 1 aromatic carbocycles. The summed E-state index contributed by atoms with van der Waals surface area (Å²) in [6, 6.07) is 8.89. The van der Waals surface area contributed by atoms with Gasteiger partial charge in [-0.3, -0.25) is 9.59 Å². The highest BCUT2D eigenvalue weighted by Crippen LogP contribution is 2.22. The average Bonchev–Trinajstić information content (AvgIpc) is 2.99. The molecule has 3 N–H and O–H groups in total. The standard InChI is InChI=1S/C31H37FN8O3/c1-22(40(4)28(41)14-10-18-39(2)3)30(42)33-17-8-6-7-11-23-20-35-31(37-25-13-9-12-24(32)19-25)38-29(23)36-26-15-16-27(43-5)34-21-26/h9-10,12-16,19-22H,6,8,17-18H2,1-5H3,(H,33,42)(H2,35,36,37,38)/t22-/m0/s1. The summed E-state index contributed by atoms with van der Waals surface area (Å²) >= 11 is 0. The first-order chi connectivity index (χ1) is 20.7. The highest BCUT2D eigenvalue weighted by molar-refractivity contribution is 5.92. The van der Waals surface area contributed by atoms with E-state index in [1.54, 1.807) is 56.7 Å². The summed E-state index contributed by atoms with van der Waals surface area (Å²) in [5.74, 6) is 6.49. The lowest BCUT2D eigenvalue weighted by molar-refractivity contribution is -0.135. The van der Waals surface area contributed by atoms with Crippen LogP contribution in [0.15, 0.2) is 60.9 Å². The molecule has 1 atom stereocenters. The second kappa shape index (κ2) is 16.4. The van der Waals surface area contributed by atoms with Crippen molar-refractivity contribution in [3.05, 3.63) is 72.3 Å². The Hall–Kier alpha value is -5.02. The van der Waals surface area contributed by atoms with Crippen LogP contribution in [0, 0.1) is 17.7 Å². The number of carbonyl (C=O) groups excluding carboxylic acids is 2. The number of rotatable bonds is 13. The number of likely N-dealkylation sites (N-methyl/N-ethyl adjacent to an activating group) is 2. The molecule has 0 aliphatic rings.